The first-order valence-corrected chi connectivity index (χ1v) is 7.00. The van der Waals surface area contributed by atoms with Crippen LogP contribution < -0.4 is 0 Å². The van der Waals surface area contributed by atoms with Crippen molar-refractivity contribution in [3.63, 3.8) is 0 Å². The maximum Gasteiger partial charge on any atom is 0.160 e. The van der Waals surface area contributed by atoms with Gasteiger partial charge in [-0.15, -0.1) is 17.0 Å². The summed E-state index contributed by atoms with van der Waals surface area (Å²) in [6.07, 6.45) is 4.38. The summed E-state index contributed by atoms with van der Waals surface area (Å²) in [7, 11) is 0. The molecule has 106 valence electrons. The third-order valence-corrected chi connectivity index (χ3v) is 4.56. The molecule has 0 unspecified atom stereocenters. The number of halogens is 1. The molecule has 2 N–H and O–H groups in total. The van der Waals surface area contributed by atoms with E-state index in [0.717, 1.165) is 18.4 Å². The summed E-state index contributed by atoms with van der Waals surface area (Å²) >= 11 is 0. The van der Waals surface area contributed by atoms with Crippen LogP contribution in [0.5, 0.6) is 11.5 Å². The van der Waals surface area contributed by atoms with Crippen molar-refractivity contribution in [2.24, 2.45) is 0 Å². The molecule has 1 aliphatic heterocycles. The number of hydrogen-bond acceptors (Lipinski definition) is 3. The zero-order chi connectivity index (χ0) is 12.7. The SMILES string of the molecule is Br.CCCN1CC[C@H]2c3ccc(O)c(O)c3CC[C@@H]21. The summed E-state index contributed by atoms with van der Waals surface area (Å²) in [4.78, 5) is 2.59. The molecule has 2 aliphatic rings. The maximum absolute atomic E-state index is 9.97. The predicted molar refractivity (Wildman–Crippen MR) is 81.4 cm³/mol. The second kappa shape index (κ2) is 5.71. The van der Waals surface area contributed by atoms with Crippen LogP contribution in [0.2, 0.25) is 0 Å². The van der Waals surface area contributed by atoms with Crippen molar-refractivity contribution < 1.29 is 10.2 Å². The number of likely N-dealkylation sites (tertiary alicyclic amines) is 1. The van der Waals surface area contributed by atoms with Gasteiger partial charge in [-0.1, -0.05) is 13.0 Å². The lowest BCUT2D eigenvalue weighted by atomic mass is 9.79. The van der Waals surface area contributed by atoms with E-state index in [0.29, 0.717) is 12.0 Å². The molecule has 19 heavy (non-hydrogen) atoms. The smallest absolute Gasteiger partial charge is 0.160 e. The number of phenols is 2. The average molecular weight is 328 g/mol. The zero-order valence-corrected chi connectivity index (χ0v) is 13.0. The van der Waals surface area contributed by atoms with Crippen molar-refractivity contribution in [2.75, 3.05) is 13.1 Å². The Labute approximate surface area is 125 Å². The fourth-order valence-electron chi connectivity index (χ4n) is 3.77. The van der Waals surface area contributed by atoms with E-state index in [9.17, 15) is 10.2 Å². The van der Waals surface area contributed by atoms with Crippen molar-refractivity contribution in [3.8, 4) is 11.5 Å². The minimum atomic E-state index is 0. The largest absolute Gasteiger partial charge is 0.504 e. The normalized spacial score (nSPS) is 25.5. The second-order valence-electron chi connectivity index (χ2n) is 5.54. The molecule has 0 spiro atoms. The van der Waals surface area contributed by atoms with Gasteiger partial charge in [-0.05, 0) is 50.4 Å². The Bertz CT molecular complexity index is 464. The van der Waals surface area contributed by atoms with Gasteiger partial charge in [-0.25, -0.2) is 0 Å². The van der Waals surface area contributed by atoms with Crippen LogP contribution in [-0.2, 0) is 6.42 Å². The molecule has 1 heterocycles. The molecule has 0 saturated carbocycles. The number of nitrogens with zero attached hydrogens (tertiary/aromatic N) is 1. The number of phenolic OH excluding ortho intramolecular Hbond substituents is 2. The van der Waals surface area contributed by atoms with Crippen molar-refractivity contribution in [3.05, 3.63) is 23.3 Å². The van der Waals surface area contributed by atoms with E-state index in [1.54, 1.807) is 6.07 Å². The Morgan fingerprint density at radius 2 is 2.05 bits per heavy atom. The monoisotopic (exact) mass is 327 g/mol. The van der Waals surface area contributed by atoms with Gasteiger partial charge in [0.05, 0.1) is 0 Å². The third kappa shape index (κ3) is 2.36. The van der Waals surface area contributed by atoms with Gasteiger partial charge in [-0.3, -0.25) is 4.90 Å². The molecule has 0 radical (unpaired) electrons. The highest BCUT2D eigenvalue weighted by Gasteiger charge is 2.39. The van der Waals surface area contributed by atoms with Crippen LogP contribution in [0, 0.1) is 0 Å². The van der Waals surface area contributed by atoms with E-state index in [4.69, 9.17) is 0 Å². The molecule has 0 aromatic heterocycles. The fraction of sp³-hybridized carbons (Fsp3) is 0.600. The summed E-state index contributed by atoms with van der Waals surface area (Å²) in [5, 5.41) is 19.6. The highest BCUT2D eigenvalue weighted by Crippen LogP contribution is 2.46. The van der Waals surface area contributed by atoms with Gasteiger partial charge in [0.2, 0.25) is 0 Å². The molecule has 1 aliphatic carbocycles. The highest BCUT2D eigenvalue weighted by molar-refractivity contribution is 8.93. The van der Waals surface area contributed by atoms with E-state index in [-0.39, 0.29) is 28.5 Å². The Hall–Kier alpha value is -0.740. The summed E-state index contributed by atoms with van der Waals surface area (Å²) in [5.74, 6) is 0.683. The lowest BCUT2D eigenvalue weighted by molar-refractivity contribution is 0.226. The molecule has 1 fully saturated rings. The van der Waals surface area contributed by atoms with Gasteiger partial charge < -0.3 is 10.2 Å². The van der Waals surface area contributed by atoms with Crippen LogP contribution in [0.3, 0.4) is 0 Å². The Balaban J connectivity index is 0.00000133. The number of benzene rings is 1. The first-order chi connectivity index (χ1) is 8.72. The summed E-state index contributed by atoms with van der Waals surface area (Å²) in [5.41, 5.74) is 2.25. The van der Waals surface area contributed by atoms with Crippen molar-refractivity contribution in [2.45, 2.75) is 44.6 Å². The maximum atomic E-state index is 9.97. The predicted octanol–water partition coefficient (Wildman–Crippen LogP) is 3.19. The first-order valence-electron chi connectivity index (χ1n) is 7.00. The van der Waals surface area contributed by atoms with Crippen LogP contribution in [0.15, 0.2) is 12.1 Å². The Morgan fingerprint density at radius 1 is 1.26 bits per heavy atom. The molecule has 3 rings (SSSR count). The van der Waals surface area contributed by atoms with Crippen LogP contribution in [0.4, 0.5) is 0 Å². The molecule has 1 saturated heterocycles. The van der Waals surface area contributed by atoms with Gasteiger partial charge in [0, 0.05) is 17.5 Å². The van der Waals surface area contributed by atoms with Gasteiger partial charge in [0.25, 0.3) is 0 Å². The molecule has 1 aromatic carbocycles. The van der Waals surface area contributed by atoms with Gasteiger partial charge in [-0.2, -0.15) is 0 Å². The molecule has 0 amide bonds. The van der Waals surface area contributed by atoms with Crippen LogP contribution >= 0.6 is 17.0 Å². The van der Waals surface area contributed by atoms with Gasteiger partial charge in [0.15, 0.2) is 11.5 Å². The molecule has 4 heteroatoms. The van der Waals surface area contributed by atoms with E-state index in [2.05, 4.69) is 11.8 Å². The topological polar surface area (TPSA) is 43.7 Å². The average Bonchev–Trinajstić information content (AvgIpc) is 2.78. The van der Waals surface area contributed by atoms with Crippen LogP contribution in [0.25, 0.3) is 0 Å². The van der Waals surface area contributed by atoms with Crippen LogP contribution in [0.1, 0.15) is 43.2 Å². The van der Waals surface area contributed by atoms with Crippen molar-refractivity contribution >= 4 is 17.0 Å². The van der Waals surface area contributed by atoms with Crippen molar-refractivity contribution in [1.29, 1.82) is 0 Å². The van der Waals surface area contributed by atoms with Crippen LogP contribution in [-0.4, -0.2) is 34.2 Å². The summed E-state index contributed by atoms with van der Waals surface area (Å²) in [6.45, 7) is 4.58. The number of hydrogen-bond donors (Lipinski definition) is 2. The minimum absolute atomic E-state index is 0. The number of rotatable bonds is 2. The van der Waals surface area contributed by atoms with Crippen molar-refractivity contribution in [1.82, 2.24) is 4.90 Å². The van der Waals surface area contributed by atoms with Gasteiger partial charge in [0.1, 0.15) is 0 Å². The Kier molecular flexibility index (Phi) is 4.41. The molecular formula is C15H22BrNO2. The molecule has 2 atom stereocenters. The summed E-state index contributed by atoms with van der Waals surface area (Å²) < 4.78 is 0. The first kappa shape index (κ1) is 14.7. The number of aromatic hydroxyl groups is 2. The quantitative estimate of drug-likeness (QED) is 0.820. The number of fused-ring (bicyclic) bond motifs is 3. The molecule has 1 aromatic rings. The van der Waals surface area contributed by atoms with Gasteiger partial charge >= 0.3 is 0 Å². The third-order valence-electron chi connectivity index (χ3n) is 4.56. The highest BCUT2D eigenvalue weighted by atomic mass is 79.9. The minimum Gasteiger partial charge on any atom is -0.504 e. The summed E-state index contributed by atoms with van der Waals surface area (Å²) in [6, 6.07) is 4.29. The van der Waals surface area contributed by atoms with E-state index < -0.39 is 0 Å². The standard InChI is InChI=1S/C15H21NO2.BrH/c1-2-8-16-9-7-11-10-4-6-14(17)15(18)12(10)3-5-13(11)16;/h4,6,11,13,17-18H,2-3,5,7-9H2,1H3;1H/t11-,13-;/m0./s1. The fourth-order valence-corrected chi connectivity index (χ4v) is 3.77. The van der Waals surface area contributed by atoms with E-state index >= 15 is 0 Å². The van der Waals surface area contributed by atoms with E-state index in [1.807, 2.05) is 6.07 Å². The lowest BCUT2D eigenvalue weighted by Gasteiger charge is -2.33. The Morgan fingerprint density at radius 3 is 2.79 bits per heavy atom. The van der Waals surface area contributed by atoms with E-state index in [1.165, 1.54) is 31.5 Å². The molecular weight excluding hydrogens is 306 g/mol. The second-order valence-corrected chi connectivity index (χ2v) is 5.54. The lowest BCUT2D eigenvalue weighted by Crippen LogP contribution is -2.35. The molecule has 3 nitrogen and oxygen atoms in total. The molecule has 0 bridgehead atoms. The zero-order valence-electron chi connectivity index (χ0n) is 11.3.